The zero-order valence-corrected chi connectivity index (χ0v) is 14.7. The number of rotatable bonds is 5. The summed E-state index contributed by atoms with van der Waals surface area (Å²) in [5.41, 5.74) is 1.12. The first-order chi connectivity index (χ1) is 12.3. The number of fused-ring (bicyclic) bond motifs is 2. The van der Waals surface area contributed by atoms with Crippen molar-refractivity contribution in [2.24, 2.45) is 0 Å². The van der Waals surface area contributed by atoms with E-state index in [0.29, 0.717) is 25.0 Å². The Labute approximate surface area is 147 Å². The number of benzene rings is 1. The van der Waals surface area contributed by atoms with Gasteiger partial charge in [0.1, 0.15) is 19.0 Å². The molecule has 25 heavy (non-hydrogen) atoms. The minimum absolute atomic E-state index is 0.387. The van der Waals surface area contributed by atoms with E-state index in [2.05, 4.69) is 22.3 Å². The number of nitrogens with one attached hydrogen (secondary N) is 1. The lowest BCUT2D eigenvalue weighted by Gasteiger charge is -2.25. The molecule has 1 aromatic carbocycles. The molecule has 0 bridgehead atoms. The van der Waals surface area contributed by atoms with Crippen LogP contribution in [0.1, 0.15) is 30.6 Å². The molecule has 2 aliphatic heterocycles. The third-order valence-electron chi connectivity index (χ3n) is 4.70. The highest BCUT2D eigenvalue weighted by Crippen LogP contribution is 2.40. The van der Waals surface area contributed by atoms with Crippen LogP contribution in [0.25, 0.3) is 0 Å². The van der Waals surface area contributed by atoms with Gasteiger partial charge in [0.05, 0.1) is 13.7 Å². The third kappa shape index (κ3) is 3.28. The van der Waals surface area contributed by atoms with E-state index in [0.717, 1.165) is 61.1 Å². The molecule has 0 aliphatic carbocycles. The normalized spacial score (nSPS) is 18.7. The van der Waals surface area contributed by atoms with E-state index < -0.39 is 0 Å². The molecule has 7 nitrogen and oxygen atoms in total. The molecule has 0 saturated heterocycles. The summed E-state index contributed by atoms with van der Waals surface area (Å²) in [4.78, 5) is 4.57. The second kappa shape index (κ2) is 6.92. The van der Waals surface area contributed by atoms with Gasteiger partial charge in [0.15, 0.2) is 17.3 Å². The van der Waals surface area contributed by atoms with Gasteiger partial charge in [-0.3, -0.25) is 0 Å². The SMILES string of the molecule is CCc1nc2n(n1)C[C@@H](NCc1cc(OC)c3c(c1)OCCO3)CC2. The predicted octanol–water partition coefficient (Wildman–Crippen LogP) is 1.72. The second-order valence-corrected chi connectivity index (χ2v) is 6.42. The molecule has 2 aliphatic rings. The number of hydrogen-bond donors (Lipinski definition) is 1. The molecule has 0 saturated carbocycles. The number of hydrogen-bond acceptors (Lipinski definition) is 6. The molecule has 0 spiro atoms. The molecule has 3 heterocycles. The molecule has 1 atom stereocenters. The standard InChI is InChI=1S/C18H24N4O3/c1-3-16-20-17-5-4-13(11-22(17)21-16)19-10-12-8-14(23-2)18-15(9-12)24-6-7-25-18/h8-9,13,19H,3-7,10-11H2,1-2H3/t13-/m0/s1. The fraction of sp³-hybridized carbons (Fsp3) is 0.556. The third-order valence-corrected chi connectivity index (χ3v) is 4.70. The number of methoxy groups -OCH3 is 1. The Morgan fingerprint density at radius 3 is 3.04 bits per heavy atom. The molecule has 2 aromatic rings. The first-order valence-corrected chi connectivity index (χ1v) is 8.89. The van der Waals surface area contributed by atoms with Gasteiger partial charge in [-0.15, -0.1) is 0 Å². The van der Waals surface area contributed by atoms with Gasteiger partial charge in [0, 0.05) is 25.4 Å². The number of aryl methyl sites for hydroxylation is 2. The summed E-state index contributed by atoms with van der Waals surface area (Å²) in [5, 5.41) is 8.19. The maximum atomic E-state index is 5.70. The van der Waals surface area contributed by atoms with Crippen LogP contribution in [0.2, 0.25) is 0 Å². The fourth-order valence-electron chi connectivity index (χ4n) is 3.37. The van der Waals surface area contributed by atoms with Crippen LogP contribution >= 0.6 is 0 Å². The Kier molecular flexibility index (Phi) is 4.48. The Hall–Kier alpha value is -2.28. The predicted molar refractivity (Wildman–Crippen MR) is 92.3 cm³/mol. The van der Waals surface area contributed by atoms with Crippen molar-refractivity contribution in [3.8, 4) is 17.2 Å². The van der Waals surface area contributed by atoms with Crippen molar-refractivity contribution in [3.63, 3.8) is 0 Å². The number of nitrogens with zero attached hydrogens (tertiary/aromatic N) is 3. The van der Waals surface area contributed by atoms with Crippen molar-refractivity contribution >= 4 is 0 Å². The van der Waals surface area contributed by atoms with Crippen LogP contribution in [0.5, 0.6) is 17.2 Å². The van der Waals surface area contributed by atoms with Crippen LogP contribution in [-0.4, -0.2) is 41.1 Å². The van der Waals surface area contributed by atoms with Gasteiger partial charge in [-0.2, -0.15) is 5.10 Å². The summed E-state index contributed by atoms with van der Waals surface area (Å²) in [5.74, 6) is 4.23. The lowest BCUT2D eigenvalue weighted by Crippen LogP contribution is -2.37. The first kappa shape index (κ1) is 16.2. The topological polar surface area (TPSA) is 70.4 Å². The molecule has 134 valence electrons. The monoisotopic (exact) mass is 344 g/mol. The summed E-state index contributed by atoms with van der Waals surface area (Å²) in [6.07, 6.45) is 2.92. The van der Waals surface area contributed by atoms with Crippen molar-refractivity contribution in [2.45, 2.75) is 45.3 Å². The highest BCUT2D eigenvalue weighted by molar-refractivity contribution is 5.54. The van der Waals surface area contributed by atoms with Crippen molar-refractivity contribution in [3.05, 3.63) is 29.3 Å². The molecule has 1 aromatic heterocycles. The van der Waals surface area contributed by atoms with E-state index in [-0.39, 0.29) is 0 Å². The van der Waals surface area contributed by atoms with E-state index in [1.807, 2.05) is 16.8 Å². The second-order valence-electron chi connectivity index (χ2n) is 6.42. The van der Waals surface area contributed by atoms with Gasteiger partial charge < -0.3 is 19.5 Å². The smallest absolute Gasteiger partial charge is 0.203 e. The number of ether oxygens (including phenoxy) is 3. The lowest BCUT2D eigenvalue weighted by molar-refractivity contribution is 0.165. The van der Waals surface area contributed by atoms with Crippen molar-refractivity contribution in [1.82, 2.24) is 20.1 Å². The van der Waals surface area contributed by atoms with Crippen LogP contribution in [0.3, 0.4) is 0 Å². The molecule has 0 fully saturated rings. The maximum absolute atomic E-state index is 5.70. The van der Waals surface area contributed by atoms with E-state index in [1.54, 1.807) is 7.11 Å². The van der Waals surface area contributed by atoms with Crippen LogP contribution in [0.4, 0.5) is 0 Å². The van der Waals surface area contributed by atoms with E-state index in [1.165, 1.54) is 0 Å². The lowest BCUT2D eigenvalue weighted by atomic mass is 10.1. The van der Waals surface area contributed by atoms with Gasteiger partial charge in [0.25, 0.3) is 0 Å². The molecular formula is C18H24N4O3. The number of aromatic nitrogens is 3. The van der Waals surface area contributed by atoms with Crippen LogP contribution in [-0.2, 0) is 25.9 Å². The van der Waals surface area contributed by atoms with E-state index in [9.17, 15) is 0 Å². The van der Waals surface area contributed by atoms with Crippen molar-refractivity contribution in [1.29, 1.82) is 0 Å². The molecule has 4 rings (SSSR count). The van der Waals surface area contributed by atoms with Gasteiger partial charge in [-0.05, 0) is 24.1 Å². The summed E-state index contributed by atoms with van der Waals surface area (Å²) in [6, 6.07) is 4.43. The zero-order chi connectivity index (χ0) is 17.2. The Bertz CT molecular complexity index is 742. The molecule has 0 radical (unpaired) electrons. The minimum atomic E-state index is 0.387. The molecular weight excluding hydrogens is 320 g/mol. The summed E-state index contributed by atoms with van der Waals surface area (Å²) >= 11 is 0. The first-order valence-electron chi connectivity index (χ1n) is 8.89. The summed E-state index contributed by atoms with van der Waals surface area (Å²) < 4.78 is 18.9. The average Bonchev–Trinajstić information content (AvgIpc) is 3.08. The van der Waals surface area contributed by atoms with E-state index in [4.69, 9.17) is 14.2 Å². The Morgan fingerprint density at radius 1 is 1.32 bits per heavy atom. The van der Waals surface area contributed by atoms with Gasteiger partial charge in [0.2, 0.25) is 5.75 Å². The largest absolute Gasteiger partial charge is 0.493 e. The van der Waals surface area contributed by atoms with Crippen molar-refractivity contribution < 1.29 is 14.2 Å². The van der Waals surface area contributed by atoms with Crippen molar-refractivity contribution in [2.75, 3.05) is 20.3 Å². The Morgan fingerprint density at radius 2 is 2.20 bits per heavy atom. The van der Waals surface area contributed by atoms with Crippen LogP contribution < -0.4 is 19.5 Å². The highest BCUT2D eigenvalue weighted by Gasteiger charge is 2.22. The average molecular weight is 344 g/mol. The molecule has 7 heteroatoms. The van der Waals surface area contributed by atoms with Crippen LogP contribution in [0.15, 0.2) is 12.1 Å². The van der Waals surface area contributed by atoms with Gasteiger partial charge >= 0.3 is 0 Å². The summed E-state index contributed by atoms with van der Waals surface area (Å²) in [7, 11) is 1.66. The maximum Gasteiger partial charge on any atom is 0.203 e. The van der Waals surface area contributed by atoms with Crippen LogP contribution in [0, 0.1) is 0 Å². The van der Waals surface area contributed by atoms with E-state index >= 15 is 0 Å². The molecule has 0 amide bonds. The highest BCUT2D eigenvalue weighted by atomic mass is 16.6. The summed E-state index contributed by atoms with van der Waals surface area (Å²) in [6.45, 7) is 4.84. The van der Waals surface area contributed by atoms with Gasteiger partial charge in [-0.25, -0.2) is 9.67 Å². The molecule has 0 unspecified atom stereocenters. The zero-order valence-electron chi connectivity index (χ0n) is 14.7. The quantitative estimate of drug-likeness (QED) is 0.891. The Balaban J connectivity index is 1.43. The van der Waals surface area contributed by atoms with Gasteiger partial charge in [-0.1, -0.05) is 6.92 Å². The fourth-order valence-corrected chi connectivity index (χ4v) is 3.37. The minimum Gasteiger partial charge on any atom is -0.493 e. The molecule has 1 N–H and O–H groups in total.